The normalized spacial score (nSPS) is 15.8. The summed E-state index contributed by atoms with van der Waals surface area (Å²) in [6.45, 7) is 6.90. The first-order valence-corrected chi connectivity index (χ1v) is 7.28. The minimum atomic E-state index is -0.258. The monoisotopic (exact) mass is 266 g/mol. The van der Waals surface area contributed by atoms with E-state index < -0.39 is 0 Å². The first-order chi connectivity index (χ1) is 9.48. The Bertz CT molecular complexity index is 589. The van der Waals surface area contributed by atoms with Crippen molar-refractivity contribution in [2.24, 2.45) is 5.41 Å². The molecule has 0 atom stereocenters. The van der Waals surface area contributed by atoms with Crippen LogP contribution in [0.25, 0.3) is 11.1 Å². The fraction of sp³-hybridized carbons (Fsp3) is 0.368. The highest BCUT2D eigenvalue weighted by Crippen LogP contribution is 2.53. The van der Waals surface area contributed by atoms with Crippen LogP contribution in [0.3, 0.4) is 0 Å². The van der Waals surface area contributed by atoms with Gasteiger partial charge in [0.15, 0.2) is 0 Å². The predicted octanol–water partition coefficient (Wildman–Crippen LogP) is 4.38. The van der Waals surface area contributed by atoms with Crippen LogP contribution >= 0.6 is 0 Å². The molecule has 2 aromatic rings. The first kappa shape index (κ1) is 13.4. The average molecular weight is 266 g/mol. The third-order valence-corrected chi connectivity index (χ3v) is 4.28. The molecule has 0 spiro atoms. The van der Waals surface area contributed by atoms with Gasteiger partial charge in [-0.25, -0.2) is 0 Å². The Morgan fingerprint density at radius 3 is 1.70 bits per heavy atom. The van der Waals surface area contributed by atoms with Gasteiger partial charge in [0, 0.05) is 5.41 Å². The second-order valence-electron chi connectivity index (χ2n) is 7.07. The van der Waals surface area contributed by atoms with Crippen molar-refractivity contribution in [3.05, 3.63) is 59.7 Å². The van der Waals surface area contributed by atoms with Crippen molar-refractivity contribution in [3.8, 4) is 11.1 Å². The molecule has 0 saturated carbocycles. The summed E-state index contributed by atoms with van der Waals surface area (Å²) in [4.78, 5) is 0. The molecule has 0 radical (unpaired) electrons. The minimum absolute atomic E-state index is 0.160. The number of hydrogen-bond acceptors (Lipinski definition) is 1. The van der Waals surface area contributed by atoms with Gasteiger partial charge >= 0.3 is 0 Å². The van der Waals surface area contributed by atoms with E-state index in [-0.39, 0.29) is 17.4 Å². The molecule has 2 aromatic carbocycles. The van der Waals surface area contributed by atoms with Gasteiger partial charge in [-0.05, 0) is 34.1 Å². The number of aliphatic hydroxyl groups is 1. The van der Waals surface area contributed by atoms with Gasteiger partial charge in [-0.1, -0.05) is 69.3 Å². The molecule has 1 aliphatic rings. The van der Waals surface area contributed by atoms with Crippen molar-refractivity contribution >= 4 is 0 Å². The summed E-state index contributed by atoms with van der Waals surface area (Å²) in [5.74, 6) is 0. The van der Waals surface area contributed by atoms with Crippen LogP contribution in [0.1, 0.15) is 38.3 Å². The highest BCUT2D eigenvalue weighted by atomic mass is 16.3. The summed E-state index contributed by atoms with van der Waals surface area (Å²) >= 11 is 0. The summed E-state index contributed by atoms with van der Waals surface area (Å²) in [6, 6.07) is 17.0. The molecule has 0 aromatic heterocycles. The molecule has 0 bridgehead atoms. The summed E-state index contributed by atoms with van der Waals surface area (Å²) in [6.07, 6.45) is 0.949. The smallest absolute Gasteiger partial charge is 0.0569 e. The third-order valence-electron chi connectivity index (χ3n) is 4.28. The largest absolute Gasteiger partial charge is 0.395 e. The Morgan fingerprint density at radius 2 is 1.30 bits per heavy atom. The number of fused-ring (bicyclic) bond motifs is 3. The Morgan fingerprint density at radius 1 is 0.850 bits per heavy atom. The molecular formula is C19H22O. The number of hydrogen-bond donors (Lipinski definition) is 1. The summed E-state index contributed by atoms with van der Waals surface area (Å²) in [5.41, 5.74) is 5.01. The Hall–Kier alpha value is -1.60. The summed E-state index contributed by atoms with van der Waals surface area (Å²) in [5, 5.41) is 10.3. The molecule has 3 rings (SSSR count). The Balaban J connectivity index is 2.29. The molecular weight excluding hydrogens is 244 g/mol. The molecule has 0 unspecified atom stereocenters. The predicted molar refractivity (Wildman–Crippen MR) is 83.8 cm³/mol. The lowest BCUT2D eigenvalue weighted by Gasteiger charge is -2.36. The van der Waals surface area contributed by atoms with E-state index in [9.17, 15) is 5.11 Å². The van der Waals surface area contributed by atoms with Crippen LogP contribution in [0.2, 0.25) is 0 Å². The summed E-state index contributed by atoms with van der Waals surface area (Å²) in [7, 11) is 0. The van der Waals surface area contributed by atoms with Crippen molar-refractivity contribution < 1.29 is 5.11 Å². The van der Waals surface area contributed by atoms with Gasteiger partial charge in [0.05, 0.1) is 6.61 Å². The van der Waals surface area contributed by atoms with Crippen LogP contribution in [0.4, 0.5) is 0 Å². The molecule has 20 heavy (non-hydrogen) atoms. The van der Waals surface area contributed by atoms with E-state index in [0.29, 0.717) is 0 Å². The number of rotatable bonds is 2. The highest BCUT2D eigenvalue weighted by molar-refractivity contribution is 5.81. The van der Waals surface area contributed by atoms with E-state index in [1.165, 1.54) is 22.3 Å². The van der Waals surface area contributed by atoms with E-state index in [2.05, 4.69) is 69.3 Å². The zero-order valence-corrected chi connectivity index (χ0v) is 12.5. The van der Waals surface area contributed by atoms with Crippen LogP contribution in [-0.4, -0.2) is 11.7 Å². The number of benzene rings is 2. The third kappa shape index (κ3) is 1.89. The Labute approximate surface area is 121 Å². The van der Waals surface area contributed by atoms with E-state index in [0.717, 1.165) is 6.42 Å². The first-order valence-electron chi connectivity index (χ1n) is 7.28. The summed E-state index contributed by atoms with van der Waals surface area (Å²) < 4.78 is 0. The average Bonchev–Trinajstić information content (AvgIpc) is 2.69. The molecule has 1 N–H and O–H groups in total. The van der Waals surface area contributed by atoms with Crippen LogP contribution in [0, 0.1) is 5.41 Å². The van der Waals surface area contributed by atoms with Gasteiger partial charge in [0.1, 0.15) is 0 Å². The molecule has 104 valence electrons. The quantitative estimate of drug-likeness (QED) is 0.855. The van der Waals surface area contributed by atoms with E-state index in [4.69, 9.17) is 0 Å². The molecule has 1 nitrogen and oxygen atoms in total. The lowest BCUT2D eigenvalue weighted by Crippen LogP contribution is -2.34. The van der Waals surface area contributed by atoms with Crippen molar-refractivity contribution in [1.29, 1.82) is 0 Å². The zero-order chi connectivity index (χ0) is 14.4. The van der Waals surface area contributed by atoms with Crippen LogP contribution in [0.15, 0.2) is 48.5 Å². The van der Waals surface area contributed by atoms with E-state index in [1.807, 2.05) is 0 Å². The van der Waals surface area contributed by atoms with Crippen molar-refractivity contribution in [2.75, 3.05) is 6.61 Å². The fourth-order valence-electron chi connectivity index (χ4n) is 3.74. The molecule has 0 amide bonds. The van der Waals surface area contributed by atoms with Crippen LogP contribution in [-0.2, 0) is 5.41 Å². The van der Waals surface area contributed by atoms with Gasteiger partial charge < -0.3 is 5.11 Å². The molecule has 0 saturated heterocycles. The van der Waals surface area contributed by atoms with Gasteiger partial charge in [-0.2, -0.15) is 0 Å². The van der Waals surface area contributed by atoms with Gasteiger partial charge in [0.25, 0.3) is 0 Å². The minimum Gasteiger partial charge on any atom is -0.395 e. The maximum atomic E-state index is 10.3. The van der Waals surface area contributed by atoms with Crippen molar-refractivity contribution in [2.45, 2.75) is 32.6 Å². The molecule has 0 fully saturated rings. The van der Waals surface area contributed by atoms with E-state index >= 15 is 0 Å². The maximum absolute atomic E-state index is 10.3. The molecule has 1 aliphatic carbocycles. The van der Waals surface area contributed by atoms with Crippen LogP contribution < -0.4 is 0 Å². The van der Waals surface area contributed by atoms with Crippen LogP contribution in [0.5, 0.6) is 0 Å². The molecule has 0 aliphatic heterocycles. The molecule has 1 heteroatoms. The topological polar surface area (TPSA) is 20.2 Å². The number of aliphatic hydroxyl groups excluding tert-OH is 1. The lowest BCUT2D eigenvalue weighted by atomic mass is 9.68. The standard InChI is InChI=1S/C19H22O/c1-18(2,3)12-19(13-20)16-10-6-4-8-14(16)15-9-5-7-11-17(15)19/h4-11,20H,12-13H2,1-3H3. The highest BCUT2D eigenvalue weighted by Gasteiger charge is 2.44. The second kappa shape index (κ2) is 4.46. The lowest BCUT2D eigenvalue weighted by molar-refractivity contribution is 0.174. The van der Waals surface area contributed by atoms with Crippen molar-refractivity contribution in [1.82, 2.24) is 0 Å². The van der Waals surface area contributed by atoms with Crippen molar-refractivity contribution in [3.63, 3.8) is 0 Å². The SMILES string of the molecule is CC(C)(C)CC1(CO)c2ccccc2-c2ccccc21. The van der Waals surface area contributed by atoms with Gasteiger partial charge in [-0.3, -0.25) is 0 Å². The van der Waals surface area contributed by atoms with Gasteiger partial charge in [-0.15, -0.1) is 0 Å². The zero-order valence-electron chi connectivity index (χ0n) is 12.5. The maximum Gasteiger partial charge on any atom is 0.0569 e. The second-order valence-corrected chi connectivity index (χ2v) is 7.07. The molecule has 0 heterocycles. The Kier molecular flexibility index (Phi) is 2.98. The van der Waals surface area contributed by atoms with Gasteiger partial charge in [0.2, 0.25) is 0 Å². The van der Waals surface area contributed by atoms with E-state index in [1.54, 1.807) is 0 Å². The fourth-order valence-corrected chi connectivity index (χ4v) is 3.74.